The van der Waals surface area contributed by atoms with Crippen molar-refractivity contribution in [1.82, 2.24) is 0 Å². The first-order chi connectivity index (χ1) is 5.40. The SMILES string of the molecule is COC(=O)C#CC(C)(C)C(C)C. The molecule has 0 saturated heterocycles. The number of hydrogen-bond acceptors (Lipinski definition) is 2. The lowest BCUT2D eigenvalue weighted by Crippen LogP contribution is -2.16. The van der Waals surface area contributed by atoms with E-state index in [0.717, 1.165) is 0 Å². The average Bonchev–Trinajstić information content (AvgIpc) is 2.00. The van der Waals surface area contributed by atoms with E-state index in [1.54, 1.807) is 0 Å². The number of methoxy groups -OCH3 is 1. The summed E-state index contributed by atoms with van der Waals surface area (Å²) in [5, 5.41) is 0. The lowest BCUT2D eigenvalue weighted by molar-refractivity contribution is -0.133. The van der Waals surface area contributed by atoms with Crippen LogP contribution < -0.4 is 0 Å². The molecule has 0 aromatic carbocycles. The third-order valence-corrected chi connectivity index (χ3v) is 2.12. The second-order valence-electron chi connectivity index (χ2n) is 3.62. The number of carbonyl (C=O) groups is 1. The van der Waals surface area contributed by atoms with E-state index in [1.165, 1.54) is 7.11 Å². The highest BCUT2D eigenvalue weighted by atomic mass is 16.5. The standard InChI is InChI=1S/C10H16O2/c1-8(2)10(3,4)7-6-9(11)12-5/h8H,1-5H3. The van der Waals surface area contributed by atoms with Crippen LogP contribution in [0.15, 0.2) is 0 Å². The lowest BCUT2D eigenvalue weighted by atomic mass is 9.82. The summed E-state index contributed by atoms with van der Waals surface area (Å²) < 4.78 is 4.41. The van der Waals surface area contributed by atoms with E-state index in [0.29, 0.717) is 5.92 Å². The Morgan fingerprint density at radius 1 is 1.42 bits per heavy atom. The summed E-state index contributed by atoms with van der Waals surface area (Å²) in [7, 11) is 1.33. The second-order valence-corrected chi connectivity index (χ2v) is 3.62. The van der Waals surface area contributed by atoms with Crippen LogP contribution in [-0.2, 0) is 9.53 Å². The molecule has 0 radical (unpaired) electrons. The van der Waals surface area contributed by atoms with Gasteiger partial charge in [-0.3, -0.25) is 0 Å². The normalized spacial score (nSPS) is 10.5. The molecule has 2 heteroatoms. The third kappa shape index (κ3) is 3.43. The fourth-order valence-electron chi connectivity index (χ4n) is 0.407. The Hall–Kier alpha value is -0.970. The molecule has 0 aromatic heterocycles. The van der Waals surface area contributed by atoms with Crippen LogP contribution in [0.5, 0.6) is 0 Å². The maximum atomic E-state index is 10.7. The van der Waals surface area contributed by atoms with Crippen LogP contribution in [0.4, 0.5) is 0 Å². The molecule has 12 heavy (non-hydrogen) atoms. The summed E-state index contributed by atoms with van der Waals surface area (Å²) in [5.41, 5.74) is -0.131. The molecule has 0 bridgehead atoms. The van der Waals surface area contributed by atoms with Crippen molar-refractivity contribution in [2.45, 2.75) is 27.7 Å². The van der Waals surface area contributed by atoms with Crippen LogP contribution in [0, 0.1) is 23.2 Å². The van der Waals surface area contributed by atoms with Crippen molar-refractivity contribution in [1.29, 1.82) is 0 Å². The average molecular weight is 168 g/mol. The Morgan fingerprint density at radius 2 is 1.92 bits per heavy atom. The minimum Gasteiger partial charge on any atom is -0.459 e. The van der Waals surface area contributed by atoms with Gasteiger partial charge in [0.1, 0.15) is 0 Å². The van der Waals surface area contributed by atoms with Gasteiger partial charge in [-0.25, -0.2) is 4.79 Å². The summed E-state index contributed by atoms with van der Waals surface area (Å²) in [4.78, 5) is 10.7. The molecule has 2 nitrogen and oxygen atoms in total. The molecule has 0 fully saturated rings. The smallest absolute Gasteiger partial charge is 0.384 e. The molecule has 0 aliphatic heterocycles. The first kappa shape index (κ1) is 11.0. The van der Waals surface area contributed by atoms with Gasteiger partial charge in [0.15, 0.2) is 0 Å². The van der Waals surface area contributed by atoms with Crippen LogP contribution in [0.25, 0.3) is 0 Å². The second kappa shape index (κ2) is 4.15. The number of hydrogen-bond donors (Lipinski definition) is 0. The van der Waals surface area contributed by atoms with Gasteiger partial charge in [0.2, 0.25) is 0 Å². The van der Waals surface area contributed by atoms with Crippen molar-refractivity contribution in [2.75, 3.05) is 7.11 Å². The highest BCUT2D eigenvalue weighted by molar-refractivity contribution is 5.88. The van der Waals surface area contributed by atoms with Gasteiger partial charge in [-0.05, 0) is 19.8 Å². The number of ether oxygens (including phenoxy) is 1. The largest absolute Gasteiger partial charge is 0.459 e. The maximum Gasteiger partial charge on any atom is 0.384 e. The molecule has 0 aromatic rings. The Bertz CT molecular complexity index is 216. The molecular formula is C10H16O2. The van der Waals surface area contributed by atoms with Crippen LogP contribution in [0.2, 0.25) is 0 Å². The molecule has 0 heterocycles. The molecule has 0 spiro atoms. The summed E-state index contributed by atoms with van der Waals surface area (Å²) in [6, 6.07) is 0. The van der Waals surface area contributed by atoms with E-state index in [2.05, 4.69) is 30.4 Å². The van der Waals surface area contributed by atoms with Crippen LogP contribution in [0.1, 0.15) is 27.7 Å². The Labute approximate surface area is 74.3 Å². The van der Waals surface area contributed by atoms with Crippen molar-refractivity contribution in [3.05, 3.63) is 0 Å². The first-order valence-electron chi connectivity index (χ1n) is 4.01. The zero-order valence-electron chi connectivity index (χ0n) is 8.39. The van der Waals surface area contributed by atoms with E-state index in [-0.39, 0.29) is 5.41 Å². The molecule has 0 aliphatic rings. The minimum atomic E-state index is -0.469. The lowest BCUT2D eigenvalue weighted by Gasteiger charge is -2.21. The molecule has 0 N–H and O–H groups in total. The van der Waals surface area contributed by atoms with Crippen molar-refractivity contribution in [2.24, 2.45) is 11.3 Å². The van der Waals surface area contributed by atoms with Gasteiger partial charge in [-0.1, -0.05) is 19.8 Å². The molecule has 0 amide bonds. The number of rotatable bonds is 1. The Balaban J connectivity index is 4.38. The summed E-state index contributed by atoms with van der Waals surface area (Å²) >= 11 is 0. The molecule has 0 unspecified atom stereocenters. The monoisotopic (exact) mass is 168 g/mol. The van der Waals surface area contributed by atoms with E-state index in [1.807, 2.05) is 13.8 Å². The van der Waals surface area contributed by atoms with E-state index in [4.69, 9.17) is 0 Å². The van der Waals surface area contributed by atoms with Gasteiger partial charge in [0.25, 0.3) is 0 Å². The molecule has 0 rings (SSSR count). The van der Waals surface area contributed by atoms with Crippen LogP contribution in [-0.4, -0.2) is 13.1 Å². The third-order valence-electron chi connectivity index (χ3n) is 2.12. The predicted octanol–water partition coefficient (Wildman–Crippen LogP) is 1.84. The molecule has 0 atom stereocenters. The van der Waals surface area contributed by atoms with Gasteiger partial charge < -0.3 is 4.74 Å². The topological polar surface area (TPSA) is 26.3 Å². The number of esters is 1. The van der Waals surface area contributed by atoms with Gasteiger partial charge in [0.05, 0.1) is 7.11 Å². The van der Waals surface area contributed by atoms with Gasteiger partial charge >= 0.3 is 5.97 Å². The fraction of sp³-hybridized carbons (Fsp3) is 0.700. The molecular weight excluding hydrogens is 152 g/mol. The van der Waals surface area contributed by atoms with Crippen molar-refractivity contribution in [3.63, 3.8) is 0 Å². The summed E-state index contributed by atoms with van der Waals surface area (Å²) in [6.45, 7) is 8.17. The van der Waals surface area contributed by atoms with E-state index >= 15 is 0 Å². The van der Waals surface area contributed by atoms with E-state index in [9.17, 15) is 4.79 Å². The van der Waals surface area contributed by atoms with Crippen molar-refractivity contribution >= 4 is 5.97 Å². The van der Waals surface area contributed by atoms with E-state index < -0.39 is 5.97 Å². The number of carbonyl (C=O) groups excluding carboxylic acids is 1. The van der Waals surface area contributed by atoms with Crippen molar-refractivity contribution < 1.29 is 9.53 Å². The molecule has 68 valence electrons. The predicted molar refractivity (Wildman–Crippen MR) is 48.4 cm³/mol. The van der Waals surface area contributed by atoms with Gasteiger partial charge in [-0.2, -0.15) is 0 Å². The van der Waals surface area contributed by atoms with Gasteiger partial charge in [-0.15, -0.1) is 0 Å². The Morgan fingerprint density at radius 3 is 2.25 bits per heavy atom. The molecule has 0 saturated carbocycles. The summed E-state index contributed by atoms with van der Waals surface area (Å²) in [5.74, 6) is 5.28. The van der Waals surface area contributed by atoms with Crippen molar-refractivity contribution in [3.8, 4) is 11.8 Å². The minimum absolute atomic E-state index is 0.131. The Kier molecular flexibility index (Phi) is 3.82. The van der Waals surface area contributed by atoms with Crippen LogP contribution >= 0.6 is 0 Å². The first-order valence-corrected chi connectivity index (χ1v) is 4.01. The van der Waals surface area contributed by atoms with Gasteiger partial charge in [0, 0.05) is 11.3 Å². The zero-order chi connectivity index (χ0) is 9.78. The zero-order valence-corrected chi connectivity index (χ0v) is 8.39. The summed E-state index contributed by atoms with van der Waals surface area (Å²) in [6.07, 6.45) is 0. The molecule has 0 aliphatic carbocycles. The fourth-order valence-corrected chi connectivity index (χ4v) is 0.407. The maximum absolute atomic E-state index is 10.7. The highest BCUT2D eigenvalue weighted by Crippen LogP contribution is 2.24. The van der Waals surface area contributed by atoms with Crippen LogP contribution in [0.3, 0.4) is 0 Å². The highest BCUT2D eigenvalue weighted by Gasteiger charge is 2.19. The quantitative estimate of drug-likeness (QED) is 0.339.